The number of phosphoric ester groups is 2. The van der Waals surface area contributed by atoms with E-state index in [0.29, 0.717) is 19.3 Å². The molecule has 0 rings (SSSR count). The molecule has 5 unspecified atom stereocenters. The summed E-state index contributed by atoms with van der Waals surface area (Å²) in [4.78, 5) is 58.7. The number of allylic oxidation sites excluding steroid dienone is 26. The average Bonchev–Trinajstić information content (AvgIpc) is 0.904. The van der Waals surface area contributed by atoms with Gasteiger partial charge in [-0.2, -0.15) is 0 Å². The molecule has 5 atom stereocenters. The van der Waals surface area contributed by atoms with E-state index in [2.05, 4.69) is 179 Å². The molecule has 0 aliphatic heterocycles. The van der Waals surface area contributed by atoms with Gasteiger partial charge in [-0.15, -0.1) is 0 Å². The van der Waals surface area contributed by atoms with Gasteiger partial charge in [0, 0.05) is 19.3 Å². The molecule has 18 heteroatoms. The van der Waals surface area contributed by atoms with Gasteiger partial charge in [0.1, 0.15) is 25.4 Å². The van der Waals surface area contributed by atoms with E-state index in [9.17, 15) is 43.5 Å². The van der Waals surface area contributed by atoms with E-state index in [-0.39, 0.29) is 19.3 Å². The maximum absolute atomic E-state index is 13.0. The number of phosphoric acid groups is 2. The highest BCUT2D eigenvalue weighted by Gasteiger charge is 2.29. The quantitative estimate of drug-likeness (QED) is 0.0146. The molecule has 0 aliphatic rings. The van der Waals surface area contributed by atoms with Crippen LogP contribution < -0.4 is 0 Å². The lowest BCUT2D eigenvalue weighted by Crippen LogP contribution is -2.30. The Labute approximate surface area is 650 Å². The second-order valence-corrected chi connectivity index (χ2v) is 30.4. The van der Waals surface area contributed by atoms with Gasteiger partial charge in [-0.1, -0.05) is 320 Å². The Morgan fingerprint density at radius 2 is 0.495 bits per heavy atom. The second-order valence-electron chi connectivity index (χ2n) is 27.5. The number of hydrogen-bond donors (Lipinski definition) is 4. The predicted octanol–water partition coefficient (Wildman–Crippen LogP) is 25.0. The minimum atomic E-state index is -4.94. The minimum Gasteiger partial charge on any atom is -0.463 e. The highest BCUT2D eigenvalue weighted by atomic mass is 31.2. The summed E-state index contributed by atoms with van der Waals surface area (Å²) >= 11 is 0. The summed E-state index contributed by atoms with van der Waals surface area (Å²) in [6.45, 7) is 2.41. The average molecular weight is 1540 g/mol. The summed E-state index contributed by atoms with van der Waals surface area (Å²) < 4.78 is 61.2. The summed E-state index contributed by atoms with van der Waals surface area (Å²) in [5, 5.41) is 20.7. The summed E-state index contributed by atoms with van der Waals surface area (Å²) in [6, 6.07) is 0. The van der Waals surface area contributed by atoms with Gasteiger partial charge in [-0.05, 0) is 148 Å². The molecule has 612 valence electrons. The van der Waals surface area contributed by atoms with E-state index in [0.717, 1.165) is 173 Å². The van der Waals surface area contributed by atoms with E-state index >= 15 is 0 Å². The molecule has 0 radical (unpaired) electrons. The van der Waals surface area contributed by atoms with Crippen molar-refractivity contribution >= 4 is 33.6 Å². The lowest BCUT2D eigenvalue weighted by molar-refractivity contribution is -0.161. The predicted molar refractivity (Wildman–Crippen MR) is 445 cm³/mol. The van der Waals surface area contributed by atoms with E-state index < -0.39 is 91.5 Å². The summed E-state index contributed by atoms with van der Waals surface area (Å²) in [5.74, 6) is -1.61. The summed E-state index contributed by atoms with van der Waals surface area (Å²) in [7, 11) is -9.81. The second kappa shape index (κ2) is 80.7. The normalized spacial score (nSPS) is 14.7. The van der Waals surface area contributed by atoms with Crippen molar-refractivity contribution in [1.29, 1.82) is 0 Å². The van der Waals surface area contributed by atoms with E-state index in [1.807, 2.05) is 0 Å². The Bertz CT molecular complexity index is 2580. The molecule has 0 aliphatic carbocycles. The van der Waals surface area contributed by atoms with Crippen molar-refractivity contribution in [3.8, 4) is 0 Å². The third kappa shape index (κ3) is 82.0. The van der Waals surface area contributed by atoms with Crippen molar-refractivity contribution in [2.24, 2.45) is 0 Å². The number of rotatable bonds is 78. The van der Waals surface area contributed by atoms with E-state index in [1.165, 1.54) is 96.3 Å². The number of esters is 3. The number of carbonyl (C=O) groups is 3. The Hall–Kier alpha value is -4.83. The van der Waals surface area contributed by atoms with E-state index in [4.69, 9.17) is 32.3 Å². The van der Waals surface area contributed by atoms with Gasteiger partial charge in [0.05, 0.1) is 26.4 Å². The monoisotopic (exact) mass is 1540 g/mol. The maximum atomic E-state index is 13.0. The number of ether oxygens (including phenoxy) is 3. The molecule has 0 fully saturated rings. The smallest absolute Gasteiger partial charge is 0.463 e. The van der Waals surface area contributed by atoms with Gasteiger partial charge >= 0.3 is 33.6 Å². The van der Waals surface area contributed by atoms with Crippen molar-refractivity contribution < 1.29 is 75.8 Å². The van der Waals surface area contributed by atoms with Crippen molar-refractivity contribution in [1.82, 2.24) is 0 Å². The van der Waals surface area contributed by atoms with Crippen LogP contribution in [0.5, 0.6) is 0 Å². The topological polar surface area (TPSA) is 231 Å². The number of carbonyl (C=O) groups excluding carboxylic acids is 3. The molecular weight excluding hydrogens is 1390 g/mol. The molecule has 0 bridgehead atoms. The maximum Gasteiger partial charge on any atom is 0.472 e. The molecule has 0 saturated heterocycles. The molecule has 0 saturated carbocycles. The highest BCUT2D eigenvalue weighted by Crippen LogP contribution is 2.45. The third-order valence-corrected chi connectivity index (χ3v) is 19.1. The first-order valence-electron chi connectivity index (χ1n) is 41.8. The van der Waals surface area contributed by atoms with E-state index in [1.54, 1.807) is 0 Å². The van der Waals surface area contributed by atoms with Crippen LogP contribution in [0.2, 0.25) is 0 Å². The first kappa shape index (κ1) is 102. The first-order chi connectivity index (χ1) is 52.2. The molecule has 0 amide bonds. The number of aliphatic hydroxyl groups is 2. The first-order valence-corrected chi connectivity index (χ1v) is 44.8. The Morgan fingerprint density at radius 1 is 0.271 bits per heavy atom. The number of hydrogen-bond acceptors (Lipinski definition) is 14. The molecule has 107 heavy (non-hydrogen) atoms. The molecule has 0 aromatic rings. The zero-order valence-corrected chi connectivity index (χ0v) is 68.8. The fourth-order valence-electron chi connectivity index (χ4n) is 10.9. The van der Waals surface area contributed by atoms with Gasteiger partial charge in [-0.25, -0.2) is 9.13 Å². The van der Waals surface area contributed by atoms with Crippen molar-refractivity contribution in [2.75, 3.05) is 39.6 Å². The molecule has 4 N–H and O–H groups in total. The molecule has 0 aromatic heterocycles. The van der Waals surface area contributed by atoms with Gasteiger partial charge in [0.15, 0.2) is 6.10 Å². The largest absolute Gasteiger partial charge is 0.472 e. The summed E-state index contributed by atoms with van der Waals surface area (Å²) in [5.41, 5.74) is 0. The molecular formula is C89H150O16P2. The van der Waals surface area contributed by atoms with Crippen LogP contribution in [0.3, 0.4) is 0 Å². The Morgan fingerprint density at radius 3 is 0.785 bits per heavy atom. The van der Waals surface area contributed by atoms with Crippen molar-refractivity contribution in [3.63, 3.8) is 0 Å². The van der Waals surface area contributed by atoms with Gasteiger partial charge < -0.3 is 34.2 Å². The van der Waals surface area contributed by atoms with Gasteiger partial charge in [0.25, 0.3) is 0 Å². The van der Waals surface area contributed by atoms with Crippen LogP contribution in [0.4, 0.5) is 0 Å². The standard InChI is InChI=1S/C89H150O16P2/c1-4-7-10-13-16-19-22-25-28-30-32-34-36-38-39-40-41-42-43-45-47-48-50-52-55-57-60-63-66-69-72-75-87(92)99-78-84(90)79-101-106(95,96)102-80-85(91)81-103-107(97,98)104-83-86(105-89(94)77-74-71-68-65-62-59-54-27-24-21-18-15-12-9-6-3)82-100-88(93)76-73-70-67-64-61-58-56-53-51-49-46-44-37-35-33-31-29-26-23-20-17-14-11-8-5-2/h7-8,10-11,16-21,25-29,32-35,38-39,44,46,51,53-54,84-86,90-91H,4-6,9,12-15,22-24,30-31,36-37,40-43,45,47-50,52,55-83H2,1-3H3,(H,95,96)(H,97,98)/b10-7-,11-8-,19-16-,20-17-,21-18-,28-25-,29-26-,34-32-,35-33-,39-38-,46-44-,53-51-,54-27-. The SMILES string of the molecule is CC/C=C\C/C=C\C/C=C\C/C=C\C/C=C\C/C=C\CCCCCCCCC(=O)OCC(COP(=O)(O)OCC(O)COP(=O)(O)OCC(O)COC(=O)CCCCCCCCCCCCCCCCC/C=C\C/C=C\C/C=C\C/C=C\C/C=C\CC)OC(=O)CCCCCCC/C=C\C/C=C\CCCCC. The molecule has 0 spiro atoms. The van der Waals surface area contributed by atoms with Crippen LogP contribution in [0.1, 0.15) is 329 Å². The lowest BCUT2D eigenvalue weighted by atomic mass is 10.0. The Balaban J connectivity index is 4.53. The van der Waals surface area contributed by atoms with Crippen molar-refractivity contribution in [2.45, 2.75) is 347 Å². The molecule has 16 nitrogen and oxygen atoms in total. The minimum absolute atomic E-state index is 0.0811. The van der Waals surface area contributed by atoms with Crippen LogP contribution in [0.15, 0.2) is 158 Å². The fraction of sp³-hybridized carbons (Fsp3) is 0.674. The zero-order valence-electron chi connectivity index (χ0n) is 67.0. The molecule has 0 aromatic carbocycles. The van der Waals surface area contributed by atoms with Crippen LogP contribution in [0, 0.1) is 0 Å². The van der Waals surface area contributed by atoms with Gasteiger partial charge in [0.2, 0.25) is 0 Å². The zero-order chi connectivity index (χ0) is 78.0. The Kier molecular flexibility index (Phi) is 77.0. The lowest BCUT2D eigenvalue weighted by Gasteiger charge is -2.21. The number of aliphatic hydroxyl groups excluding tert-OH is 2. The van der Waals surface area contributed by atoms with Crippen LogP contribution in [-0.4, -0.2) is 95.9 Å². The van der Waals surface area contributed by atoms with Crippen LogP contribution in [0.25, 0.3) is 0 Å². The van der Waals surface area contributed by atoms with Gasteiger partial charge in [-0.3, -0.25) is 32.5 Å². The molecule has 0 heterocycles. The number of unbranched alkanes of at least 4 members (excludes halogenated alkanes) is 29. The third-order valence-electron chi connectivity index (χ3n) is 17.2. The van der Waals surface area contributed by atoms with Crippen molar-refractivity contribution in [3.05, 3.63) is 158 Å². The van der Waals surface area contributed by atoms with Crippen LogP contribution >= 0.6 is 15.6 Å². The summed E-state index contributed by atoms with van der Waals surface area (Å²) in [6.07, 6.45) is 101. The fourth-order valence-corrected chi connectivity index (χ4v) is 12.5. The highest BCUT2D eigenvalue weighted by molar-refractivity contribution is 7.47. The van der Waals surface area contributed by atoms with Crippen LogP contribution in [-0.2, 0) is 55.8 Å².